The topological polar surface area (TPSA) is 38.7 Å². The fourth-order valence-electron chi connectivity index (χ4n) is 8.25. The zero-order valence-corrected chi connectivity index (χ0v) is 17.4. The fraction of sp³-hybridized carbons (Fsp3) is 1.00. The summed E-state index contributed by atoms with van der Waals surface area (Å²) in [7, 11) is 3.65. The number of methoxy groups -OCH3 is 2. The molecule has 4 fully saturated rings. The van der Waals surface area contributed by atoms with Crippen molar-refractivity contribution in [3.05, 3.63) is 0 Å². The minimum atomic E-state index is -0.582. The largest absolute Gasteiger partial charge is 0.387 e. The molecule has 0 heterocycles. The Morgan fingerprint density at radius 3 is 2.38 bits per heavy atom. The van der Waals surface area contributed by atoms with E-state index < -0.39 is 5.60 Å². The van der Waals surface area contributed by atoms with Crippen LogP contribution in [0.2, 0.25) is 0 Å². The molecule has 0 aromatic carbocycles. The van der Waals surface area contributed by atoms with Gasteiger partial charge in [0.1, 0.15) is 0 Å². The van der Waals surface area contributed by atoms with Gasteiger partial charge in [0.2, 0.25) is 0 Å². The van der Waals surface area contributed by atoms with Crippen LogP contribution in [0.3, 0.4) is 0 Å². The Hall–Kier alpha value is -0.120. The van der Waals surface area contributed by atoms with Crippen molar-refractivity contribution >= 4 is 0 Å². The van der Waals surface area contributed by atoms with Gasteiger partial charge < -0.3 is 14.6 Å². The highest BCUT2D eigenvalue weighted by Crippen LogP contribution is 2.66. The number of aliphatic hydroxyl groups is 1. The maximum atomic E-state index is 11.0. The van der Waals surface area contributed by atoms with Crippen LogP contribution in [-0.2, 0) is 9.47 Å². The minimum Gasteiger partial charge on any atom is -0.387 e. The lowest BCUT2D eigenvalue weighted by Crippen LogP contribution is -2.59. The molecule has 3 nitrogen and oxygen atoms in total. The van der Waals surface area contributed by atoms with Crippen LogP contribution in [0.1, 0.15) is 78.1 Å². The van der Waals surface area contributed by atoms with E-state index in [9.17, 15) is 5.11 Å². The molecule has 1 unspecified atom stereocenters. The number of ether oxygens (including phenoxy) is 2. The van der Waals surface area contributed by atoms with Gasteiger partial charge >= 0.3 is 0 Å². The third kappa shape index (κ3) is 2.79. The molecule has 0 saturated heterocycles. The Morgan fingerprint density at radius 1 is 0.885 bits per heavy atom. The van der Waals surface area contributed by atoms with Crippen LogP contribution in [0, 0.1) is 34.5 Å². The molecule has 1 N–H and O–H groups in total. The molecule has 0 bridgehead atoms. The van der Waals surface area contributed by atoms with E-state index in [1.54, 1.807) is 7.11 Å². The molecule has 4 saturated carbocycles. The first-order valence-corrected chi connectivity index (χ1v) is 11.1. The highest BCUT2D eigenvalue weighted by atomic mass is 16.5. The zero-order chi connectivity index (χ0) is 18.6. The van der Waals surface area contributed by atoms with Crippen molar-refractivity contribution < 1.29 is 14.6 Å². The van der Waals surface area contributed by atoms with Gasteiger partial charge in [-0.25, -0.2) is 0 Å². The summed E-state index contributed by atoms with van der Waals surface area (Å²) in [5.74, 6) is 3.24. The summed E-state index contributed by atoms with van der Waals surface area (Å²) >= 11 is 0. The van der Waals surface area contributed by atoms with Crippen molar-refractivity contribution in [2.24, 2.45) is 34.5 Å². The van der Waals surface area contributed by atoms with Gasteiger partial charge in [0.15, 0.2) is 0 Å². The van der Waals surface area contributed by atoms with E-state index in [-0.39, 0.29) is 0 Å². The van der Waals surface area contributed by atoms with Gasteiger partial charge in [-0.15, -0.1) is 0 Å². The van der Waals surface area contributed by atoms with E-state index >= 15 is 0 Å². The van der Waals surface area contributed by atoms with E-state index in [0.29, 0.717) is 29.5 Å². The van der Waals surface area contributed by atoms with Crippen LogP contribution in [0.25, 0.3) is 0 Å². The molecule has 8 atom stereocenters. The van der Waals surface area contributed by atoms with Crippen molar-refractivity contribution in [2.45, 2.75) is 89.8 Å². The first-order chi connectivity index (χ1) is 12.4. The van der Waals surface area contributed by atoms with Crippen LogP contribution >= 0.6 is 0 Å². The smallest absolute Gasteiger partial charge is 0.0883 e. The third-order valence-electron chi connectivity index (χ3n) is 9.67. The number of rotatable bonds is 3. The fourth-order valence-corrected chi connectivity index (χ4v) is 8.25. The average molecular weight is 365 g/mol. The van der Waals surface area contributed by atoms with Crippen LogP contribution in [0.15, 0.2) is 0 Å². The third-order valence-corrected chi connectivity index (χ3v) is 9.67. The Bertz CT molecular complexity index is 522. The van der Waals surface area contributed by atoms with Gasteiger partial charge in [0.05, 0.1) is 18.3 Å². The summed E-state index contributed by atoms with van der Waals surface area (Å²) in [5.41, 5.74) is 0.230. The Morgan fingerprint density at radius 2 is 1.65 bits per heavy atom. The van der Waals surface area contributed by atoms with Crippen molar-refractivity contribution in [3.8, 4) is 0 Å². The maximum absolute atomic E-state index is 11.0. The molecule has 0 amide bonds. The Kier molecular flexibility index (Phi) is 4.98. The van der Waals surface area contributed by atoms with Crippen molar-refractivity contribution in [2.75, 3.05) is 20.8 Å². The average Bonchev–Trinajstić information content (AvgIpc) is 2.61. The predicted octanol–water partition coefficient (Wildman–Crippen LogP) is 4.81. The molecule has 4 rings (SSSR count). The van der Waals surface area contributed by atoms with Gasteiger partial charge in [-0.05, 0) is 92.3 Å². The van der Waals surface area contributed by atoms with Gasteiger partial charge in [-0.3, -0.25) is 0 Å². The summed E-state index contributed by atoms with van der Waals surface area (Å²) in [5, 5.41) is 11.0. The van der Waals surface area contributed by atoms with Gasteiger partial charge in [-0.2, -0.15) is 0 Å². The lowest BCUT2D eigenvalue weighted by Gasteiger charge is -2.64. The zero-order valence-electron chi connectivity index (χ0n) is 17.4. The first-order valence-electron chi connectivity index (χ1n) is 11.1. The number of fused-ring (bicyclic) bond motifs is 5. The second kappa shape index (κ2) is 6.74. The van der Waals surface area contributed by atoms with Crippen molar-refractivity contribution in [1.29, 1.82) is 0 Å². The number of hydrogen-bond donors (Lipinski definition) is 1. The highest BCUT2D eigenvalue weighted by molar-refractivity contribution is 5.10. The molecule has 0 aliphatic heterocycles. The van der Waals surface area contributed by atoms with Crippen LogP contribution in [0.4, 0.5) is 0 Å². The lowest BCUT2D eigenvalue weighted by atomic mass is 9.42. The van der Waals surface area contributed by atoms with E-state index in [1.807, 2.05) is 7.11 Å². The lowest BCUT2D eigenvalue weighted by molar-refractivity contribution is -0.188. The van der Waals surface area contributed by atoms with Gasteiger partial charge in [0.25, 0.3) is 0 Å². The highest BCUT2D eigenvalue weighted by Gasteiger charge is 2.60. The molecular formula is C23H40O3. The summed E-state index contributed by atoms with van der Waals surface area (Å²) in [6, 6.07) is 0. The summed E-state index contributed by atoms with van der Waals surface area (Å²) in [6.07, 6.45) is 12.9. The Balaban J connectivity index is 1.56. The van der Waals surface area contributed by atoms with E-state index in [0.717, 1.165) is 30.6 Å². The second-order valence-corrected chi connectivity index (χ2v) is 10.7. The molecule has 150 valence electrons. The molecule has 4 aliphatic rings. The molecule has 0 spiro atoms. The van der Waals surface area contributed by atoms with E-state index in [1.165, 1.54) is 51.4 Å². The van der Waals surface area contributed by atoms with Crippen molar-refractivity contribution in [3.63, 3.8) is 0 Å². The number of hydrogen-bond acceptors (Lipinski definition) is 3. The van der Waals surface area contributed by atoms with Crippen LogP contribution in [-0.4, -0.2) is 37.6 Å². The second-order valence-electron chi connectivity index (χ2n) is 10.7. The normalized spacial score (nSPS) is 54.1. The molecule has 26 heavy (non-hydrogen) atoms. The molecule has 4 aliphatic carbocycles. The van der Waals surface area contributed by atoms with Crippen LogP contribution < -0.4 is 0 Å². The molecule has 0 radical (unpaired) electrons. The van der Waals surface area contributed by atoms with Crippen LogP contribution in [0.5, 0.6) is 0 Å². The minimum absolute atomic E-state index is 0.392. The SMILES string of the molecule is COC[C@]1(O)CCC2(C)[C@H](CC[C@@H]3[C@@H]2CC[C@]2(C)[C@@H](OC)CCC[C@@H]32)C1. The summed E-state index contributed by atoms with van der Waals surface area (Å²) in [6.45, 7) is 5.61. The van der Waals surface area contributed by atoms with Gasteiger partial charge in [0, 0.05) is 14.2 Å². The molecule has 0 aromatic heterocycles. The molecular weight excluding hydrogens is 324 g/mol. The van der Waals surface area contributed by atoms with Gasteiger partial charge in [-0.1, -0.05) is 20.3 Å². The Labute approximate surface area is 160 Å². The van der Waals surface area contributed by atoms with E-state index in [4.69, 9.17) is 9.47 Å². The quantitative estimate of drug-likeness (QED) is 0.781. The predicted molar refractivity (Wildman–Crippen MR) is 104 cm³/mol. The summed E-state index contributed by atoms with van der Waals surface area (Å²) < 4.78 is 11.3. The van der Waals surface area contributed by atoms with Crippen molar-refractivity contribution in [1.82, 2.24) is 0 Å². The molecule has 0 aromatic rings. The monoisotopic (exact) mass is 364 g/mol. The molecule has 3 heteroatoms. The first kappa shape index (κ1) is 19.2. The standard InChI is InChI=1S/C23H40O3/c1-21-12-13-23(24,15-25-3)14-16(21)8-9-17-18-6-5-7-20(26-4)22(18,2)11-10-19(17)21/h16-20,24H,5-15H2,1-4H3/t16-,17+,18+,19+,20+,21?,22+,23+/m1/s1. The maximum Gasteiger partial charge on any atom is 0.0883 e. The van der Waals surface area contributed by atoms with E-state index in [2.05, 4.69) is 13.8 Å². The summed E-state index contributed by atoms with van der Waals surface area (Å²) in [4.78, 5) is 0.